The van der Waals surface area contributed by atoms with Gasteiger partial charge < -0.3 is 20.3 Å². The topological polar surface area (TPSA) is 88.1 Å². The SMILES string of the molecule is S=C(Nc1nc(Sc2ncccn2)cc(N2CCOCC2)n1)NC1CCCC1. The van der Waals surface area contributed by atoms with Crippen molar-refractivity contribution in [1.29, 1.82) is 0 Å². The molecule has 10 heteroatoms. The van der Waals surface area contributed by atoms with Crippen molar-refractivity contribution in [3.63, 3.8) is 0 Å². The summed E-state index contributed by atoms with van der Waals surface area (Å²) in [6.45, 7) is 2.98. The maximum Gasteiger partial charge on any atom is 0.232 e. The number of thiocarbonyl (C=S) groups is 1. The predicted molar refractivity (Wildman–Crippen MR) is 113 cm³/mol. The first-order valence-electron chi connectivity index (χ1n) is 9.50. The van der Waals surface area contributed by atoms with Crippen LogP contribution in [0, 0.1) is 0 Å². The summed E-state index contributed by atoms with van der Waals surface area (Å²) in [5.74, 6) is 1.33. The molecule has 2 aromatic rings. The third kappa shape index (κ3) is 5.27. The van der Waals surface area contributed by atoms with Crippen LogP contribution in [0.5, 0.6) is 0 Å². The predicted octanol–water partition coefficient (Wildman–Crippen LogP) is 2.48. The molecule has 2 aliphatic rings. The highest BCUT2D eigenvalue weighted by atomic mass is 32.2. The fraction of sp³-hybridized carbons (Fsp3) is 0.500. The molecule has 1 aliphatic carbocycles. The maximum atomic E-state index is 5.48. The van der Waals surface area contributed by atoms with Gasteiger partial charge >= 0.3 is 0 Å². The van der Waals surface area contributed by atoms with Crippen molar-refractivity contribution >= 4 is 40.9 Å². The average molecular weight is 418 g/mol. The molecular weight excluding hydrogens is 394 g/mol. The van der Waals surface area contributed by atoms with Gasteiger partial charge in [-0.05, 0) is 42.9 Å². The van der Waals surface area contributed by atoms with E-state index in [0.29, 0.717) is 35.5 Å². The zero-order valence-corrected chi connectivity index (χ0v) is 17.1. The maximum absolute atomic E-state index is 5.48. The smallest absolute Gasteiger partial charge is 0.232 e. The van der Waals surface area contributed by atoms with Crippen LogP contribution in [0.1, 0.15) is 25.7 Å². The van der Waals surface area contributed by atoms with Crippen LogP contribution in [0.2, 0.25) is 0 Å². The summed E-state index contributed by atoms with van der Waals surface area (Å²) in [6, 6.07) is 4.20. The molecule has 2 fully saturated rings. The number of morpholine rings is 1. The van der Waals surface area contributed by atoms with E-state index in [9.17, 15) is 0 Å². The number of nitrogens with zero attached hydrogens (tertiary/aromatic N) is 5. The molecule has 3 heterocycles. The van der Waals surface area contributed by atoms with Gasteiger partial charge in [-0.3, -0.25) is 0 Å². The molecule has 0 aromatic carbocycles. The van der Waals surface area contributed by atoms with Gasteiger partial charge in [0.15, 0.2) is 10.3 Å². The van der Waals surface area contributed by atoms with Gasteiger partial charge in [-0.2, -0.15) is 4.98 Å². The van der Waals surface area contributed by atoms with Crippen molar-refractivity contribution in [2.45, 2.75) is 41.9 Å². The highest BCUT2D eigenvalue weighted by molar-refractivity contribution is 7.99. The standard InChI is InChI=1S/C18H23N7OS2/c27-17(21-13-4-1-2-5-13)24-16-22-14(25-8-10-26-11-9-25)12-15(23-16)28-18-19-6-3-7-20-18/h3,6-7,12-13H,1-2,4-5,8-11H2,(H2,21,22,23,24,27). The highest BCUT2D eigenvalue weighted by Crippen LogP contribution is 2.27. The van der Waals surface area contributed by atoms with Crippen LogP contribution in [0.4, 0.5) is 11.8 Å². The number of hydrogen-bond donors (Lipinski definition) is 2. The number of aromatic nitrogens is 4. The lowest BCUT2D eigenvalue weighted by molar-refractivity contribution is 0.122. The third-order valence-electron chi connectivity index (χ3n) is 4.68. The van der Waals surface area contributed by atoms with Gasteiger partial charge in [-0.25, -0.2) is 15.0 Å². The van der Waals surface area contributed by atoms with Crippen molar-refractivity contribution < 1.29 is 4.74 Å². The first-order chi connectivity index (χ1) is 13.8. The molecule has 2 N–H and O–H groups in total. The van der Waals surface area contributed by atoms with Gasteiger partial charge in [0.2, 0.25) is 5.95 Å². The second-order valence-electron chi connectivity index (χ2n) is 6.70. The molecule has 0 radical (unpaired) electrons. The van der Waals surface area contributed by atoms with Gasteiger partial charge in [-0.1, -0.05) is 12.8 Å². The van der Waals surface area contributed by atoms with E-state index in [1.54, 1.807) is 18.5 Å². The van der Waals surface area contributed by atoms with E-state index < -0.39 is 0 Å². The molecule has 1 saturated heterocycles. The lowest BCUT2D eigenvalue weighted by atomic mass is 10.3. The Kier molecular flexibility index (Phi) is 6.50. The number of nitrogens with one attached hydrogen (secondary N) is 2. The fourth-order valence-corrected chi connectivity index (χ4v) is 4.27. The Morgan fingerprint density at radius 2 is 1.89 bits per heavy atom. The monoisotopic (exact) mass is 417 g/mol. The Hall–Kier alpha value is -2.04. The molecule has 148 valence electrons. The molecule has 0 atom stereocenters. The Morgan fingerprint density at radius 1 is 1.14 bits per heavy atom. The number of anilines is 2. The third-order valence-corrected chi connectivity index (χ3v) is 5.71. The summed E-state index contributed by atoms with van der Waals surface area (Å²) in [5, 5.41) is 8.52. The molecule has 0 amide bonds. The van der Waals surface area contributed by atoms with Crippen LogP contribution in [0.3, 0.4) is 0 Å². The summed E-state index contributed by atoms with van der Waals surface area (Å²) < 4.78 is 5.46. The van der Waals surface area contributed by atoms with Crippen molar-refractivity contribution in [2.75, 3.05) is 36.5 Å². The molecular formula is C18H23N7OS2. The molecule has 8 nitrogen and oxygen atoms in total. The molecule has 2 aromatic heterocycles. The lowest BCUT2D eigenvalue weighted by Gasteiger charge is -2.28. The Morgan fingerprint density at radius 3 is 2.64 bits per heavy atom. The number of ether oxygens (including phenoxy) is 1. The fourth-order valence-electron chi connectivity index (χ4n) is 3.30. The minimum Gasteiger partial charge on any atom is -0.378 e. The van der Waals surface area contributed by atoms with Gasteiger partial charge in [0.25, 0.3) is 0 Å². The normalized spacial score (nSPS) is 17.5. The largest absolute Gasteiger partial charge is 0.378 e. The van der Waals surface area contributed by atoms with Gasteiger partial charge in [0, 0.05) is 37.6 Å². The molecule has 0 spiro atoms. The zero-order valence-electron chi connectivity index (χ0n) is 15.5. The minimum absolute atomic E-state index is 0.439. The summed E-state index contributed by atoms with van der Waals surface area (Å²) in [4.78, 5) is 20.0. The van der Waals surface area contributed by atoms with Crippen LogP contribution in [0.25, 0.3) is 0 Å². The summed E-state index contributed by atoms with van der Waals surface area (Å²) in [5.41, 5.74) is 0. The van der Waals surface area contributed by atoms with Crippen molar-refractivity contribution in [3.8, 4) is 0 Å². The van der Waals surface area contributed by atoms with E-state index in [0.717, 1.165) is 36.8 Å². The van der Waals surface area contributed by atoms with Gasteiger partial charge in [-0.15, -0.1) is 0 Å². The number of hydrogen-bond acceptors (Lipinski definition) is 8. The summed E-state index contributed by atoms with van der Waals surface area (Å²) in [6.07, 6.45) is 8.26. The summed E-state index contributed by atoms with van der Waals surface area (Å²) >= 11 is 6.88. The second-order valence-corrected chi connectivity index (χ2v) is 8.10. The van der Waals surface area contributed by atoms with Crippen LogP contribution in [-0.2, 0) is 4.74 Å². The van der Waals surface area contributed by atoms with E-state index in [-0.39, 0.29) is 0 Å². The molecule has 1 saturated carbocycles. The first-order valence-corrected chi connectivity index (χ1v) is 10.7. The van der Waals surface area contributed by atoms with E-state index in [2.05, 4.69) is 35.5 Å². The van der Waals surface area contributed by atoms with Crippen molar-refractivity contribution in [2.24, 2.45) is 0 Å². The first kappa shape index (κ1) is 19.3. The minimum atomic E-state index is 0.439. The molecule has 4 rings (SSSR count). The van der Waals surface area contributed by atoms with Crippen LogP contribution in [-0.4, -0.2) is 57.4 Å². The van der Waals surface area contributed by atoms with E-state index in [1.165, 1.54) is 24.6 Å². The van der Waals surface area contributed by atoms with Gasteiger partial charge in [0.1, 0.15) is 10.8 Å². The average Bonchev–Trinajstić information content (AvgIpc) is 3.22. The summed E-state index contributed by atoms with van der Waals surface area (Å²) in [7, 11) is 0. The molecule has 0 unspecified atom stereocenters. The Balaban J connectivity index is 1.53. The second kappa shape index (κ2) is 9.44. The van der Waals surface area contributed by atoms with Crippen LogP contribution in [0.15, 0.2) is 34.7 Å². The lowest BCUT2D eigenvalue weighted by Crippen LogP contribution is -2.38. The Labute approximate surface area is 173 Å². The van der Waals surface area contributed by atoms with Gasteiger partial charge in [0.05, 0.1) is 13.2 Å². The van der Waals surface area contributed by atoms with E-state index >= 15 is 0 Å². The zero-order chi connectivity index (χ0) is 19.2. The number of rotatable bonds is 5. The van der Waals surface area contributed by atoms with E-state index in [4.69, 9.17) is 17.0 Å². The van der Waals surface area contributed by atoms with Crippen LogP contribution < -0.4 is 15.5 Å². The van der Waals surface area contributed by atoms with E-state index in [1.807, 2.05) is 6.07 Å². The quantitative estimate of drug-likeness (QED) is 0.430. The highest BCUT2D eigenvalue weighted by Gasteiger charge is 2.18. The van der Waals surface area contributed by atoms with Crippen molar-refractivity contribution in [1.82, 2.24) is 25.3 Å². The van der Waals surface area contributed by atoms with Crippen molar-refractivity contribution in [3.05, 3.63) is 24.5 Å². The van der Waals surface area contributed by atoms with Crippen LogP contribution >= 0.6 is 24.0 Å². The molecule has 28 heavy (non-hydrogen) atoms. The molecule has 0 bridgehead atoms. The molecule has 1 aliphatic heterocycles. The Bertz CT molecular complexity index is 796.